The molecule has 0 N–H and O–H groups in total. The van der Waals surface area contributed by atoms with Gasteiger partial charge in [-0.15, -0.1) is 11.3 Å². The fraction of sp³-hybridized carbons (Fsp3) is 0.0588. The number of rotatable bonds is 5. The molecule has 0 saturated carbocycles. The lowest BCUT2D eigenvalue weighted by atomic mass is 10.3. The number of ether oxygens (including phenoxy) is 1. The van der Waals surface area contributed by atoms with Gasteiger partial charge in [0, 0.05) is 17.5 Å². The molecule has 0 spiro atoms. The fourth-order valence-electron chi connectivity index (χ4n) is 2.09. The van der Waals surface area contributed by atoms with Gasteiger partial charge in [-0.2, -0.15) is 18.2 Å². The van der Waals surface area contributed by atoms with Gasteiger partial charge < -0.3 is 4.74 Å². The largest absolute Gasteiger partial charge is 0.438 e. The molecule has 4 nitrogen and oxygen atoms in total. The molecule has 0 aliphatic heterocycles. The molecule has 0 atom stereocenters. The normalized spacial score (nSPS) is 11.2. The number of benzene rings is 1. The van der Waals surface area contributed by atoms with E-state index >= 15 is 0 Å². The lowest BCUT2D eigenvalue weighted by Gasteiger charge is -2.17. The number of carbonyl (C=O) groups is 1. The van der Waals surface area contributed by atoms with E-state index in [-0.39, 0.29) is 17.4 Å². The highest BCUT2D eigenvalue weighted by atomic mass is 32.1. The van der Waals surface area contributed by atoms with Crippen molar-refractivity contribution in [1.82, 2.24) is 4.98 Å². The van der Waals surface area contributed by atoms with Crippen LogP contribution in [0, 0.1) is 5.82 Å². The number of thiophene rings is 1. The van der Waals surface area contributed by atoms with Crippen LogP contribution >= 0.6 is 11.3 Å². The minimum Gasteiger partial charge on any atom is -0.438 e. The van der Waals surface area contributed by atoms with E-state index in [4.69, 9.17) is 4.74 Å². The van der Waals surface area contributed by atoms with Crippen molar-refractivity contribution < 1.29 is 27.1 Å². The molecule has 3 aromatic rings. The zero-order chi connectivity index (χ0) is 18.7. The van der Waals surface area contributed by atoms with Gasteiger partial charge in [-0.05, 0) is 30.3 Å². The van der Waals surface area contributed by atoms with Gasteiger partial charge in [0.25, 0.3) is 0 Å². The molecule has 0 unspecified atom stereocenters. The van der Waals surface area contributed by atoms with Crippen LogP contribution in [0.3, 0.4) is 0 Å². The third-order valence-electron chi connectivity index (χ3n) is 3.24. The highest BCUT2D eigenvalue weighted by molar-refractivity contribution is 7.10. The van der Waals surface area contributed by atoms with Crippen molar-refractivity contribution in [3.05, 3.63) is 64.6 Å². The van der Waals surface area contributed by atoms with E-state index in [1.165, 1.54) is 47.8 Å². The Kier molecular flexibility index (Phi) is 4.90. The number of anilines is 2. The second-order valence-electron chi connectivity index (χ2n) is 5.03. The maximum Gasteiger partial charge on any atom is 0.425 e. The summed E-state index contributed by atoms with van der Waals surface area (Å²) in [6.45, 7) is 0. The van der Waals surface area contributed by atoms with Crippen LogP contribution in [-0.2, 0) is 11.0 Å². The Morgan fingerprint density at radius 1 is 1.12 bits per heavy atom. The number of alkyl halides is 3. The minimum absolute atomic E-state index is 0.00795. The summed E-state index contributed by atoms with van der Waals surface area (Å²) in [4.78, 5) is 15.9. The molecule has 2 aromatic heterocycles. The smallest absolute Gasteiger partial charge is 0.425 e. The molecule has 0 aliphatic rings. The molecule has 0 saturated heterocycles. The van der Waals surface area contributed by atoms with E-state index in [2.05, 4.69) is 4.98 Å². The molecule has 26 heavy (non-hydrogen) atoms. The van der Waals surface area contributed by atoms with Crippen LogP contribution in [-0.4, -0.2) is 11.4 Å². The monoisotopic (exact) mass is 382 g/mol. The third-order valence-corrected chi connectivity index (χ3v) is 4.20. The Bertz CT molecular complexity index is 910. The molecule has 9 heteroatoms. The molecule has 2 heterocycles. The number of pyridine rings is 1. The number of aromatic nitrogens is 1. The van der Waals surface area contributed by atoms with E-state index in [0.717, 1.165) is 11.0 Å². The zero-order valence-corrected chi connectivity index (χ0v) is 13.7. The first-order chi connectivity index (χ1) is 12.4. The van der Waals surface area contributed by atoms with Crippen LogP contribution in [0.5, 0.6) is 11.6 Å². The van der Waals surface area contributed by atoms with Crippen molar-refractivity contribution >= 4 is 29.3 Å². The predicted octanol–water partition coefficient (Wildman–Crippen LogP) is 5.39. The van der Waals surface area contributed by atoms with Gasteiger partial charge in [-0.1, -0.05) is 6.07 Å². The van der Waals surface area contributed by atoms with Crippen LogP contribution in [0.2, 0.25) is 0 Å². The summed E-state index contributed by atoms with van der Waals surface area (Å²) in [5.41, 5.74) is 0.376. The van der Waals surface area contributed by atoms with Crippen LogP contribution < -0.4 is 9.64 Å². The van der Waals surface area contributed by atoms with Crippen LogP contribution in [0.15, 0.2) is 53.9 Å². The Labute approximate surface area is 149 Å². The first-order valence-electron chi connectivity index (χ1n) is 7.17. The summed E-state index contributed by atoms with van der Waals surface area (Å²) in [6, 6.07) is 10.5. The molecule has 1 aromatic carbocycles. The summed E-state index contributed by atoms with van der Waals surface area (Å²) in [5, 5.41) is 1.22. The van der Waals surface area contributed by atoms with E-state index in [0.29, 0.717) is 23.4 Å². The van der Waals surface area contributed by atoms with Gasteiger partial charge in [-0.3, -0.25) is 9.69 Å². The highest BCUT2D eigenvalue weighted by Crippen LogP contribution is 2.37. The fourth-order valence-corrected chi connectivity index (χ4v) is 2.76. The second kappa shape index (κ2) is 7.12. The quantitative estimate of drug-likeness (QED) is 0.439. The maximum absolute atomic E-state index is 13.0. The van der Waals surface area contributed by atoms with Gasteiger partial charge in [0.1, 0.15) is 22.3 Å². The highest BCUT2D eigenvalue weighted by Gasteiger charge is 2.32. The SMILES string of the molecule is O=CN(c1ccc(F)cc1)c1cccc(Oc2csc(C(F)(F)F)c2)n1. The topological polar surface area (TPSA) is 42.4 Å². The molecular formula is C17H10F4N2O2S. The molecule has 0 bridgehead atoms. The number of hydrogen-bond acceptors (Lipinski definition) is 4. The molecule has 0 fully saturated rings. The van der Waals surface area contributed by atoms with Gasteiger partial charge in [0.15, 0.2) is 0 Å². The average Bonchev–Trinajstić information content (AvgIpc) is 3.06. The number of amides is 1. The van der Waals surface area contributed by atoms with Crippen molar-refractivity contribution in [2.45, 2.75) is 6.18 Å². The summed E-state index contributed by atoms with van der Waals surface area (Å²) >= 11 is 0.509. The van der Waals surface area contributed by atoms with Crippen LogP contribution in [0.1, 0.15) is 4.88 Å². The Morgan fingerprint density at radius 2 is 1.85 bits per heavy atom. The van der Waals surface area contributed by atoms with Gasteiger partial charge in [0.2, 0.25) is 12.3 Å². The van der Waals surface area contributed by atoms with Crippen LogP contribution in [0.4, 0.5) is 29.1 Å². The van der Waals surface area contributed by atoms with Crippen molar-refractivity contribution in [1.29, 1.82) is 0 Å². The van der Waals surface area contributed by atoms with E-state index in [1.807, 2.05) is 0 Å². The molecule has 134 valence electrons. The van der Waals surface area contributed by atoms with Crippen molar-refractivity contribution in [2.24, 2.45) is 0 Å². The van der Waals surface area contributed by atoms with Crippen molar-refractivity contribution in [3.8, 4) is 11.6 Å². The van der Waals surface area contributed by atoms with E-state index in [1.54, 1.807) is 0 Å². The number of halogens is 4. The Morgan fingerprint density at radius 3 is 2.46 bits per heavy atom. The molecular weight excluding hydrogens is 372 g/mol. The standard InChI is InChI=1S/C17H10F4N2O2S/c18-11-4-6-12(7-5-11)23(10-24)15-2-1-3-16(22-15)25-13-8-14(26-9-13)17(19,20)21/h1-10H. The Hall–Kier alpha value is -2.94. The lowest BCUT2D eigenvalue weighted by Crippen LogP contribution is -2.15. The number of hydrogen-bond donors (Lipinski definition) is 0. The number of carbonyl (C=O) groups excluding carboxylic acids is 1. The van der Waals surface area contributed by atoms with Crippen LogP contribution in [0.25, 0.3) is 0 Å². The third kappa shape index (κ3) is 3.99. The minimum atomic E-state index is -4.45. The summed E-state index contributed by atoms with van der Waals surface area (Å²) in [5.74, 6) is -0.271. The first kappa shape index (κ1) is 17.9. The first-order valence-corrected chi connectivity index (χ1v) is 8.05. The molecule has 0 aliphatic carbocycles. The van der Waals surface area contributed by atoms with E-state index in [9.17, 15) is 22.4 Å². The van der Waals surface area contributed by atoms with Gasteiger partial charge in [0.05, 0.1) is 5.69 Å². The Balaban J connectivity index is 1.84. The average molecular weight is 382 g/mol. The zero-order valence-electron chi connectivity index (χ0n) is 12.9. The van der Waals surface area contributed by atoms with Gasteiger partial charge >= 0.3 is 6.18 Å². The maximum atomic E-state index is 13.0. The number of nitrogens with zero attached hydrogens (tertiary/aromatic N) is 2. The predicted molar refractivity (Wildman–Crippen MR) is 88.2 cm³/mol. The molecule has 1 amide bonds. The second-order valence-corrected chi connectivity index (χ2v) is 5.94. The van der Waals surface area contributed by atoms with Crippen molar-refractivity contribution in [2.75, 3.05) is 4.90 Å². The lowest BCUT2D eigenvalue weighted by molar-refractivity contribution is -0.134. The van der Waals surface area contributed by atoms with Gasteiger partial charge in [-0.25, -0.2) is 4.39 Å². The van der Waals surface area contributed by atoms with Crippen molar-refractivity contribution in [3.63, 3.8) is 0 Å². The summed E-state index contributed by atoms with van der Waals surface area (Å²) in [6.07, 6.45) is -3.95. The van der Waals surface area contributed by atoms with E-state index < -0.39 is 16.9 Å². The molecule has 0 radical (unpaired) electrons. The summed E-state index contributed by atoms with van der Waals surface area (Å²) < 4.78 is 56.3. The summed E-state index contributed by atoms with van der Waals surface area (Å²) in [7, 11) is 0. The molecule has 3 rings (SSSR count).